The van der Waals surface area contributed by atoms with Gasteiger partial charge in [0.1, 0.15) is 0 Å². The van der Waals surface area contributed by atoms with Gasteiger partial charge in [0.15, 0.2) is 11.5 Å². The van der Waals surface area contributed by atoms with Crippen LogP contribution in [0.3, 0.4) is 0 Å². The van der Waals surface area contributed by atoms with E-state index >= 15 is 0 Å². The minimum Gasteiger partial charge on any atom is -0.454 e. The molecule has 1 unspecified atom stereocenters. The molecule has 0 aliphatic carbocycles. The second-order valence-electron chi connectivity index (χ2n) is 7.33. The Hall–Kier alpha value is -3.02. The molecule has 2 aromatic rings. The molecular formula is C22H25N3O3. The third kappa shape index (κ3) is 3.42. The van der Waals surface area contributed by atoms with Crippen LogP contribution in [0.25, 0.3) is 0 Å². The third-order valence-corrected chi connectivity index (χ3v) is 5.18. The molecule has 2 aliphatic heterocycles. The number of anilines is 1. The van der Waals surface area contributed by atoms with Gasteiger partial charge in [-0.15, -0.1) is 0 Å². The number of fused-ring (bicyclic) bond motifs is 2. The molecule has 2 aromatic carbocycles. The summed E-state index contributed by atoms with van der Waals surface area (Å²) < 4.78 is 11.2. The molecule has 0 saturated heterocycles. The van der Waals surface area contributed by atoms with Crippen LogP contribution in [-0.4, -0.2) is 29.5 Å². The molecule has 0 spiro atoms. The zero-order chi connectivity index (χ0) is 19.7. The van der Waals surface area contributed by atoms with E-state index in [1.165, 1.54) is 0 Å². The lowest BCUT2D eigenvalue weighted by Crippen LogP contribution is -2.35. The van der Waals surface area contributed by atoms with Crippen molar-refractivity contribution < 1.29 is 14.3 Å². The summed E-state index contributed by atoms with van der Waals surface area (Å²) in [6, 6.07) is 11.5. The van der Waals surface area contributed by atoms with Crippen LogP contribution in [0.15, 0.2) is 41.5 Å². The second kappa shape index (κ2) is 7.54. The van der Waals surface area contributed by atoms with E-state index in [1.54, 1.807) is 5.01 Å². The van der Waals surface area contributed by atoms with E-state index in [-0.39, 0.29) is 18.7 Å². The number of hydrogen-bond acceptors (Lipinski definition) is 5. The van der Waals surface area contributed by atoms with Crippen LogP contribution >= 0.6 is 0 Å². The number of carbonyl (C=O) groups excluding carboxylic acids is 1. The molecule has 2 N–H and O–H groups in total. The predicted octanol–water partition coefficient (Wildman–Crippen LogP) is 3.71. The highest BCUT2D eigenvalue weighted by molar-refractivity contribution is 6.14. The average Bonchev–Trinajstić information content (AvgIpc) is 3.09. The number of ether oxygens (including phenoxy) is 2. The smallest absolute Gasteiger partial charge is 0.242 e. The first-order chi connectivity index (χ1) is 13.6. The quantitative estimate of drug-likeness (QED) is 0.822. The van der Waals surface area contributed by atoms with Crippen molar-refractivity contribution in [2.45, 2.75) is 45.6 Å². The summed E-state index contributed by atoms with van der Waals surface area (Å²) in [5.41, 5.74) is 10.3. The van der Waals surface area contributed by atoms with Crippen molar-refractivity contribution in [1.82, 2.24) is 5.01 Å². The van der Waals surface area contributed by atoms with Crippen molar-refractivity contribution in [2.24, 2.45) is 5.10 Å². The van der Waals surface area contributed by atoms with Crippen molar-refractivity contribution in [2.75, 3.05) is 12.5 Å². The Labute approximate surface area is 164 Å². The number of benzene rings is 2. The molecule has 1 atom stereocenters. The second-order valence-corrected chi connectivity index (χ2v) is 7.33. The monoisotopic (exact) mass is 379 g/mol. The maximum atomic E-state index is 12.9. The number of nitrogens with two attached hydrogens (primary N) is 1. The summed E-state index contributed by atoms with van der Waals surface area (Å²) in [5, 5.41) is 6.49. The molecule has 0 fully saturated rings. The third-order valence-electron chi connectivity index (χ3n) is 5.18. The Morgan fingerprint density at radius 2 is 1.93 bits per heavy atom. The van der Waals surface area contributed by atoms with E-state index in [4.69, 9.17) is 20.3 Å². The Morgan fingerprint density at radius 3 is 2.64 bits per heavy atom. The van der Waals surface area contributed by atoms with Gasteiger partial charge in [0, 0.05) is 23.2 Å². The Kier molecular flexibility index (Phi) is 4.94. The van der Waals surface area contributed by atoms with Crippen LogP contribution in [0.5, 0.6) is 11.5 Å². The Bertz CT molecular complexity index is 921. The Balaban J connectivity index is 1.83. The van der Waals surface area contributed by atoms with E-state index in [1.807, 2.05) is 43.3 Å². The summed E-state index contributed by atoms with van der Waals surface area (Å²) in [6.07, 6.45) is 3.03. The van der Waals surface area contributed by atoms with Crippen LogP contribution in [0.4, 0.5) is 5.69 Å². The zero-order valence-corrected chi connectivity index (χ0v) is 16.3. The van der Waals surface area contributed by atoms with Gasteiger partial charge in [-0.3, -0.25) is 4.79 Å². The molecule has 0 bridgehead atoms. The van der Waals surface area contributed by atoms with E-state index in [0.717, 1.165) is 41.0 Å². The molecule has 4 rings (SSSR count). The first-order valence-electron chi connectivity index (χ1n) is 9.76. The van der Waals surface area contributed by atoms with Gasteiger partial charge < -0.3 is 15.2 Å². The molecule has 6 heteroatoms. The Morgan fingerprint density at radius 1 is 1.21 bits per heavy atom. The van der Waals surface area contributed by atoms with Crippen molar-refractivity contribution in [3.8, 4) is 11.5 Å². The minimum atomic E-state index is -0.0465. The van der Waals surface area contributed by atoms with Gasteiger partial charge >= 0.3 is 0 Å². The highest BCUT2D eigenvalue weighted by atomic mass is 16.7. The van der Waals surface area contributed by atoms with Crippen molar-refractivity contribution in [3.05, 3.63) is 53.1 Å². The number of nitrogens with zero attached hydrogens (tertiary/aromatic N) is 2. The van der Waals surface area contributed by atoms with Crippen LogP contribution in [0.2, 0.25) is 0 Å². The van der Waals surface area contributed by atoms with Gasteiger partial charge in [0.2, 0.25) is 12.7 Å². The zero-order valence-electron chi connectivity index (χ0n) is 16.3. The number of hydrazone groups is 1. The summed E-state index contributed by atoms with van der Waals surface area (Å²) in [6.45, 7) is 4.34. The molecule has 0 aromatic heterocycles. The van der Waals surface area contributed by atoms with E-state index in [9.17, 15) is 4.79 Å². The van der Waals surface area contributed by atoms with Gasteiger partial charge in [-0.25, -0.2) is 5.01 Å². The van der Waals surface area contributed by atoms with Crippen LogP contribution in [0, 0.1) is 0 Å². The molecule has 0 saturated carbocycles. The highest BCUT2D eigenvalue weighted by Gasteiger charge is 2.29. The fourth-order valence-electron chi connectivity index (χ4n) is 3.64. The fraction of sp³-hybridized carbons (Fsp3) is 0.364. The summed E-state index contributed by atoms with van der Waals surface area (Å²) in [7, 11) is 0. The number of amides is 1. The lowest BCUT2D eigenvalue weighted by atomic mass is 9.94. The van der Waals surface area contributed by atoms with E-state index in [2.05, 4.69) is 6.92 Å². The lowest BCUT2D eigenvalue weighted by molar-refractivity contribution is -0.133. The first-order valence-corrected chi connectivity index (χ1v) is 9.76. The molecule has 28 heavy (non-hydrogen) atoms. The van der Waals surface area contributed by atoms with Crippen molar-refractivity contribution >= 4 is 17.3 Å². The maximum Gasteiger partial charge on any atom is 0.242 e. The van der Waals surface area contributed by atoms with Gasteiger partial charge in [0.05, 0.1) is 11.8 Å². The highest BCUT2D eigenvalue weighted by Crippen LogP contribution is 2.37. The fourth-order valence-corrected chi connectivity index (χ4v) is 3.64. The summed E-state index contributed by atoms with van der Waals surface area (Å²) >= 11 is 0. The lowest BCUT2D eigenvalue weighted by Gasteiger charge is -2.23. The first kappa shape index (κ1) is 18.3. The van der Waals surface area contributed by atoms with Crippen molar-refractivity contribution in [3.63, 3.8) is 0 Å². The molecule has 146 valence electrons. The SMILES string of the molecule is CCCCC(=O)N1N=C(c2ccc(N)cc2)c2cc3c(cc2CC1C)OCO3. The number of nitrogen functional groups attached to an aromatic ring is 1. The van der Waals surface area contributed by atoms with Crippen molar-refractivity contribution in [1.29, 1.82) is 0 Å². The molecular weight excluding hydrogens is 354 g/mol. The molecule has 2 heterocycles. The number of hydrogen-bond donors (Lipinski definition) is 1. The maximum absolute atomic E-state index is 12.9. The van der Waals surface area contributed by atoms with E-state index in [0.29, 0.717) is 24.3 Å². The molecule has 2 aliphatic rings. The largest absolute Gasteiger partial charge is 0.454 e. The number of carbonyl (C=O) groups is 1. The molecule has 6 nitrogen and oxygen atoms in total. The van der Waals surface area contributed by atoms with Gasteiger partial charge in [-0.05, 0) is 49.6 Å². The van der Waals surface area contributed by atoms with Gasteiger partial charge in [-0.1, -0.05) is 25.5 Å². The number of unbranched alkanes of at least 4 members (excludes halogenated alkanes) is 1. The van der Waals surface area contributed by atoms with Gasteiger partial charge in [0.25, 0.3) is 0 Å². The predicted molar refractivity (Wildman–Crippen MR) is 109 cm³/mol. The average molecular weight is 379 g/mol. The van der Waals surface area contributed by atoms with Gasteiger partial charge in [-0.2, -0.15) is 5.10 Å². The normalized spacial score (nSPS) is 17.7. The minimum absolute atomic E-state index is 0.0465. The van der Waals surface area contributed by atoms with Crippen LogP contribution < -0.4 is 15.2 Å². The van der Waals surface area contributed by atoms with Crippen LogP contribution in [0.1, 0.15) is 49.8 Å². The van der Waals surface area contributed by atoms with Crippen LogP contribution in [-0.2, 0) is 11.2 Å². The topological polar surface area (TPSA) is 77.2 Å². The number of rotatable bonds is 4. The molecule has 0 radical (unpaired) electrons. The van der Waals surface area contributed by atoms with E-state index < -0.39 is 0 Å². The standard InChI is InChI=1S/C22H25N3O3/c1-3-4-5-21(26)25-14(2)10-16-11-19-20(28-13-27-19)12-18(16)22(24-25)15-6-8-17(23)9-7-15/h6-9,11-12,14H,3-5,10,13,23H2,1-2H3. The summed E-state index contributed by atoms with van der Waals surface area (Å²) in [4.78, 5) is 12.9. The molecule has 1 amide bonds. The summed E-state index contributed by atoms with van der Waals surface area (Å²) in [5.74, 6) is 1.50.